The minimum absolute atomic E-state index is 0.0470. The van der Waals surface area contributed by atoms with Gasteiger partial charge in [0.05, 0.1) is 12.0 Å². The van der Waals surface area contributed by atoms with Gasteiger partial charge in [0.15, 0.2) is 9.84 Å². The molecule has 6 heteroatoms. The molecule has 3 rings (SSSR count). The maximum atomic E-state index is 12.0. The second kappa shape index (κ2) is 5.55. The van der Waals surface area contributed by atoms with Gasteiger partial charge in [0.1, 0.15) is 16.9 Å². The lowest BCUT2D eigenvalue weighted by molar-refractivity contribution is 0.0601. The van der Waals surface area contributed by atoms with Crippen molar-refractivity contribution in [2.75, 3.05) is 13.4 Å². The summed E-state index contributed by atoms with van der Waals surface area (Å²) < 4.78 is 34.2. The number of rotatable bonds is 3. The summed E-state index contributed by atoms with van der Waals surface area (Å²) in [4.78, 5) is 12.0. The molecule has 1 heterocycles. The fourth-order valence-corrected chi connectivity index (χ4v) is 3.02. The average molecular weight is 330 g/mol. The van der Waals surface area contributed by atoms with Gasteiger partial charge in [-0.05, 0) is 18.2 Å². The average Bonchev–Trinajstić information content (AvgIpc) is 2.97. The SMILES string of the molecule is COC(=O)c1cc(S(C)(=O)=O)cc2cc(-c3ccccc3)oc12. The summed E-state index contributed by atoms with van der Waals surface area (Å²) in [7, 11) is -2.22. The maximum absolute atomic E-state index is 12.0. The minimum Gasteiger partial charge on any atom is -0.465 e. The van der Waals surface area contributed by atoms with Crippen LogP contribution in [0.2, 0.25) is 0 Å². The molecule has 3 aromatic rings. The molecular formula is C17H14O5S. The van der Waals surface area contributed by atoms with E-state index in [4.69, 9.17) is 9.15 Å². The molecular weight excluding hydrogens is 316 g/mol. The van der Waals surface area contributed by atoms with E-state index < -0.39 is 15.8 Å². The molecule has 0 saturated heterocycles. The molecule has 0 aliphatic carbocycles. The Morgan fingerprint density at radius 2 is 1.78 bits per heavy atom. The highest BCUT2D eigenvalue weighted by Gasteiger charge is 2.20. The summed E-state index contributed by atoms with van der Waals surface area (Å²) in [5, 5.41) is 0.534. The van der Waals surface area contributed by atoms with Crippen LogP contribution in [0.25, 0.3) is 22.3 Å². The molecule has 0 fully saturated rings. The van der Waals surface area contributed by atoms with E-state index in [1.54, 1.807) is 6.07 Å². The van der Waals surface area contributed by atoms with Crippen molar-refractivity contribution in [1.29, 1.82) is 0 Å². The number of fused-ring (bicyclic) bond motifs is 1. The zero-order valence-corrected chi connectivity index (χ0v) is 13.4. The molecule has 5 nitrogen and oxygen atoms in total. The number of furan rings is 1. The first-order chi connectivity index (χ1) is 10.9. The minimum atomic E-state index is -3.46. The van der Waals surface area contributed by atoms with Gasteiger partial charge in [-0.15, -0.1) is 0 Å². The molecule has 0 unspecified atom stereocenters. The topological polar surface area (TPSA) is 73.6 Å². The zero-order chi connectivity index (χ0) is 16.6. The van der Waals surface area contributed by atoms with Gasteiger partial charge < -0.3 is 9.15 Å². The number of ether oxygens (including phenoxy) is 1. The monoisotopic (exact) mass is 330 g/mol. The standard InChI is InChI=1S/C17H14O5S/c1-21-17(18)14-10-13(23(2,19)20)8-12-9-15(22-16(12)14)11-6-4-3-5-7-11/h3-10H,1-2H3. The highest BCUT2D eigenvalue weighted by molar-refractivity contribution is 7.90. The molecule has 0 atom stereocenters. The number of methoxy groups -OCH3 is 1. The van der Waals surface area contributed by atoms with E-state index in [-0.39, 0.29) is 10.5 Å². The summed E-state index contributed by atoms with van der Waals surface area (Å²) >= 11 is 0. The van der Waals surface area contributed by atoms with E-state index in [1.807, 2.05) is 30.3 Å². The van der Waals surface area contributed by atoms with Crippen LogP contribution in [0, 0.1) is 0 Å². The van der Waals surface area contributed by atoms with Crippen molar-refractivity contribution in [2.45, 2.75) is 4.90 Å². The molecule has 2 aromatic carbocycles. The van der Waals surface area contributed by atoms with Crippen LogP contribution in [0.3, 0.4) is 0 Å². The first-order valence-electron chi connectivity index (χ1n) is 6.81. The van der Waals surface area contributed by atoms with Crippen LogP contribution in [0.1, 0.15) is 10.4 Å². The lowest BCUT2D eigenvalue weighted by Gasteiger charge is -2.04. The highest BCUT2D eigenvalue weighted by Crippen LogP contribution is 2.32. The van der Waals surface area contributed by atoms with Crippen molar-refractivity contribution in [3.8, 4) is 11.3 Å². The summed E-state index contributed by atoms with van der Waals surface area (Å²) in [6.45, 7) is 0. The van der Waals surface area contributed by atoms with Crippen LogP contribution in [0.5, 0.6) is 0 Å². The normalized spacial score (nSPS) is 11.6. The predicted octanol–water partition coefficient (Wildman–Crippen LogP) is 3.29. The summed E-state index contributed by atoms with van der Waals surface area (Å²) in [5.41, 5.74) is 1.23. The molecule has 0 bridgehead atoms. The van der Waals surface area contributed by atoms with Gasteiger partial charge in [0.25, 0.3) is 0 Å². The summed E-state index contributed by atoms with van der Waals surface area (Å²) in [6.07, 6.45) is 1.09. The fraction of sp³-hybridized carbons (Fsp3) is 0.118. The van der Waals surface area contributed by atoms with E-state index in [0.29, 0.717) is 16.7 Å². The molecule has 0 radical (unpaired) electrons. The Hall–Kier alpha value is -2.60. The Morgan fingerprint density at radius 1 is 1.09 bits per heavy atom. The van der Waals surface area contributed by atoms with Crippen molar-refractivity contribution >= 4 is 26.8 Å². The molecule has 1 aromatic heterocycles. The summed E-state index contributed by atoms with van der Waals surface area (Å²) in [6, 6.07) is 13.8. The number of esters is 1. The van der Waals surface area contributed by atoms with Crippen LogP contribution >= 0.6 is 0 Å². The van der Waals surface area contributed by atoms with Gasteiger partial charge in [0, 0.05) is 17.2 Å². The summed E-state index contributed by atoms with van der Waals surface area (Å²) in [5.74, 6) is -0.0918. The van der Waals surface area contributed by atoms with Gasteiger partial charge in [-0.3, -0.25) is 0 Å². The Balaban J connectivity index is 2.30. The van der Waals surface area contributed by atoms with Crippen LogP contribution in [-0.2, 0) is 14.6 Å². The van der Waals surface area contributed by atoms with Crippen LogP contribution in [0.4, 0.5) is 0 Å². The van der Waals surface area contributed by atoms with Crippen LogP contribution in [0.15, 0.2) is 57.8 Å². The second-order valence-electron chi connectivity index (χ2n) is 5.13. The van der Waals surface area contributed by atoms with E-state index in [1.165, 1.54) is 19.2 Å². The number of carbonyl (C=O) groups is 1. The smallest absolute Gasteiger partial charge is 0.341 e. The molecule has 0 saturated carbocycles. The van der Waals surface area contributed by atoms with Gasteiger partial charge in [-0.25, -0.2) is 13.2 Å². The lowest BCUT2D eigenvalue weighted by Crippen LogP contribution is -2.05. The van der Waals surface area contributed by atoms with Gasteiger partial charge >= 0.3 is 5.97 Å². The largest absolute Gasteiger partial charge is 0.465 e. The molecule has 118 valence electrons. The zero-order valence-electron chi connectivity index (χ0n) is 12.6. The predicted molar refractivity (Wildman–Crippen MR) is 86.1 cm³/mol. The van der Waals surface area contributed by atoms with Crippen molar-refractivity contribution in [3.05, 3.63) is 54.1 Å². The number of carbonyl (C=O) groups excluding carboxylic acids is 1. The number of benzene rings is 2. The molecule has 0 aliphatic rings. The van der Waals surface area contributed by atoms with E-state index in [2.05, 4.69) is 0 Å². The molecule has 0 N–H and O–H groups in total. The molecule has 0 spiro atoms. The third-order valence-corrected chi connectivity index (χ3v) is 4.57. The number of hydrogen-bond acceptors (Lipinski definition) is 5. The van der Waals surface area contributed by atoms with Gasteiger partial charge in [-0.1, -0.05) is 30.3 Å². The third-order valence-electron chi connectivity index (χ3n) is 3.48. The Kier molecular flexibility index (Phi) is 3.69. The van der Waals surface area contributed by atoms with Gasteiger partial charge in [-0.2, -0.15) is 0 Å². The quantitative estimate of drug-likeness (QED) is 0.689. The van der Waals surface area contributed by atoms with Crippen molar-refractivity contribution in [3.63, 3.8) is 0 Å². The van der Waals surface area contributed by atoms with Crippen molar-refractivity contribution in [1.82, 2.24) is 0 Å². The van der Waals surface area contributed by atoms with Gasteiger partial charge in [0.2, 0.25) is 0 Å². The van der Waals surface area contributed by atoms with E-state index in [9.17, 15) is 13.2 Å². The van der Waals surface area contributed by atoms with Crippen molar-refractivity contribution < 1.29 is 22.4 Å². The highest BCUT2D eigenvalue weighted by atomic mass is 32.2. The lowest BCUT2D eigenvalue weighted by atomic mass is 10.1. The van der Waals surface area contributed by atoms with E-state index in [0.717, 1.165) is 11.8 Å². The Bertz CT molecular complexity index is 985. The third kappa shape index (κ3) is 2.85. The Labute approximate surface area is 133 Å². The molecule has 23 heavy (non-hydrogen) atoms. The van der Waals surface area contributed by atoms with Crippen LogP contribution in [-0.4, -0.2) is 27.8 Å². The maximum Gasteiger partial charge on any atom is 0.341 e. The van der Waals surface area contributed by atoms with E-state index >= 15 is 0 Å². The Morgan fingerprint density at radius 3 is 2.39 bits per heavy atom. The number of hydrogen-bond donors (Lipinski definition) is 0. The van der Waals surface area contributed by atoms with Crippen LogP contribution < -0.4 is 0 Å². The second-order valence-corrected chi connectivity index (χ2v) is 7.15. The first kappa shape index (κ1) is 15.3. The molecule has 0 amide bonds. The van der Waals surface area contributed by atoms with Crippen molar-refractivity contribution in [2.24, 2.45) is 0 Å². The molecule has 0 aliphatic heterocycles. The first-order valence-corrected chi connectivity index (χ1v) is 8.70. The fourth-order valence-electron chi connectivity index (χ4n) is 2.35. The number of sulfone groups is 1.